The average molecular weight is 259 g/mol. The van der Waals surface area contributed by atoms with E-state index in [1.165, 1.54) is 0 Å². The lowest BCUT2D eigenvalue weighted by Gasteiger charge is -2.23. The van der Waals surface area contributed by atoms with Gasteiger partial charge in [0.2, 0.25) is 0 Å². The Labute approximate surface area is 108 Å². The van der Waals surface area contributed by atoms with Crippen molar-refractivity contribution in [1.82, 2.24) is 0 Å². The number of halogens is 1. The number of hydrogen-bond donors (Lipinski definition) is 1. The van der Waals surface area contributed by atoms with Crippen molar-refractivity contribution in [3.63, 3.8) is 0 Å². The van der Waals surface area contributed by atoms with Gasteiger partial charge >= 0.3 is 0 Å². The van der Waals surface area contributed by atoms with Crippen molar-refractivity contribution in [2.24, 2.45) is 5.18 Å². The molecule has 1 aromatic rings. The fourth-order valence-corrected chi connectivity index (χ4v) is 1.70. The van der Waals surface area contributed by atoms with Gasteiger partial charge in [0.1, 0.15) is 11.4 Å². The Hall–Kier alpha value is -1.29. The zero-order chi connectivity index (χ0) is 12.0. The van der Waals surface area contributed by atoms with Gasteiger partial charge in [0.25, 0.3) is 0 Å². The SMILES string of the molecule is CCCN(CCC)c1ccc(N=O)c(O)c1.Cl. The smallest absolute Gasteiger partial charge is 0.149 e. The van der Waals surface area contributed by atoms with Gasteiger partial charge in [-0.1, -0.05) is 13.8 Å². The molecule has 0 aliphatic heterocycles. The van der Waals surface area contributed by atoms with Crippen LogP contribution in [0.15, 0.2) is 23.4 Å². The Morgan fingerprint density at radius 1 is 1.24 bits per heavy atom. The van der Waals surface area contributed by atoms with E-state index in [4.69, 9.17) is 0 Å². The van der Waals surface area contributed by atoms with Crippen LogP contribution in [0.25, 0.3) is 0 Å². The summed E-state index contributed by atoms with van der Waals surface area (Å²) in [4.78, 5) is 12.5. The Kier molecular flexibility index (Phi) is 7.30. The third kappa shape index (κ3) is 4.23. The van der Waals surface area contributed by atoms with Crippen LogP contribution in [0.4, 0.5) is 11.4 Å². The van der Waals surface area contributed by atoms with Gasteiger partial charge in [-0.15, -0.1) is 17.3 Å². The molecule has 1 N–H and O–H groups in total. The number of anilines is 1. The number of nitroso groups, excluding NO2 is 1. The number of nitrogens with zero attached hydrogens (tertiary/aromatic N) is 2. The molecule has 0 aromatic heterocycles. The number of phenolic OH excluding ortho intramolecular Hbond substituents is 1. The van der Waals surface area contributed by atoms with Crippen LogP contribution in [0.2, 0.25) is 0 Å². The maximum absolute atomic E-state index is 10.3. The topological polar surface area (TPSA) is 52.9 Å². The van der Waals surface area contributed by atoms with E-state index >= 15 is 0 Å². The molecule has 0 saturated heterocycles. The highest BCUT2D eigenvalue weighted by Crippen LogP contribution is 2.30. The molecule has 1 rings (SSSR count). The van der Waals surface area contributed by atoms with E-state index in [2.05, 4.69) is 23.9 Å². The first-order chi connectivity index (χ1) is 7.72. The van der Waals surface area contributed by atoms with Crippen LogP contribution in [-0.2, 0) is 0 Å². The summed E-state index contributed by atoms with van der Waals surface area (Å²) in [6.07, 6.45) is 2.10. The molecular weight excluding hydrogens is 240 g/mol. The molecule has 5 heteroatoms. The van der Waals surface area contributed by atoms with Gasteiger partial charge < -0.3 is 10.0 Å². The van der Waals surface area contributed by atoms with Crippen molar-refractivity contribution < 1.29 is 5.11 Å². The van der Waals surface area contributed by atoms with Crippen LogP contribution in [0.1, 0.15) is 26.7 Å². The molecule has 0 bridgehead atoms. The van der Waals surface area contributed by atoms with E-state index in [9.17, 15) is 10.0 Å². The van der Waals surface area contributed by atoms with E-state index in [-0.39, 0.29) is 23.8 Å². The predicted octanol–water partition coefficient (Wildman–Crippen LogP) is 3.84. The maximum atomic E-state index is 10.3. The van der Waals surface area contributed by atoms with Gasteiger partial charge in [0.05, 0.1) is 0 Å². The highest BCUT2D eigenvalue weighted by atomic mass is 35.5. The van der Waals surface area contributed by atoms with Gasteiger partial charge in [0, 0.05) is 24.8 Å². The van der Waals surface area contributed by atoms with E-state index in [0.29, 0.717) is 0 Å². The summed E-state index contributed by atoms with van der Waals surface area (Å²) >= 11 is 0. The number of phenols is 1. The molecule has 0 radical (unpaired) electrons. The molecule has 0 unspecified atom stereocenters. The zero-order valence-corrected chi connectivity index (χ0v) is 11.0. The fraction of sp³-hybridized carbons (Fsp3) is 0.500. The summed E-state index contributed by atoms with van der Waals surface area (Å²) in [6, 6.07) is 4.97. The largest absolute Gasteiger partial charge is 0.505 e. The highest BCUT2D eigenvalue weighted by Gasteiger charge is 2.08. The van der Waals surface area contributed by atoms with Crippen LogP contribution in [0, 0.1) is 4.91 Å². The van der Waals surface area contributed by atoms with Gasteiger partial charge in [-0.2, -0.15) is 0 Å². The minimum atomic E-state index is -0.0512. The Balaban J connectivity index is 0.00000256. The van der Waals surface area contributed by atoms with Crippen molar-refractivity contribution in [2.75, 3.05) is 18.0 Å². The van der Waals surface area contributed by atoms with Crippen LogP contribution in [-0.4, -0.2) is 18.2 Å². The van der Waals surface area contributed by atoms with Crippen LogP contribution in [0.5, 0.6) is 5.75 Å². The summed E-state index contributed by atoms with van der Waals surface area (Å²) in [5.74, 6) is -0.0512. The standard InChI is InChI=1S/C12H18N2O2.ClH/c1-3-7-14(8-4-2)10-5-6-11(13-16)12(15)9-10;/h5-6,9,15H,3-4,7-8H2,1-2H3;1H. The number of rotatable bonds is 6. The molecule has 0 aliphatic rings. The lowest BCUT2D eigenvalue weighted by Crippen LogP contribution is -2.24. The molecule has 0 atom stereocenters. The van der Waals surface area contributed by atoms with Crippen LogP contribution in [0.3, 0.4) is 0 Å². The summed E-state index contributed by atoms with van der Waals surface area (Å²) in [5.41, 5.74) is 1.03. The van der Waals surface area contributed by atoms with Gasteiger partial charge in [-0.3, -0.25) is 0 Å². The highest BCUT2D eigenvalue weighted by molar-refractivity contribution is 5.85. The van der Waals surface area contributed by atoms with Crippen molar-refractivity contribution in [3.05, 3.63) is 23.1 Å². The third-order valence-corrected chi connectivity index (χ3v) is 2.41. The van der Waals surface area contributed by atoms with Crippen molar-refractivity contribution >= 4 is 23.8 Å². The number of aromatic hydroxyl groups is 1. The molecular formula is C12H19ClN2O2. The van der Waals surface area contributed by atoms with E-state index in [1.807, 2.05) is 6.07 Å². The van der Waals surface area contributed by atoms with Crippen molar-refractivity contribution in [3.8, 4) is 5.75 Å². The lowest BCUT2D eigenvalue weighted by atomic mass is 10.2. The van der Waals surface area contributed by atoms with Crippen LogP contribution >= 0.6 is 12.4 Å². The van der Waals surface area contributed by atoms with Crippen LogP contribution < -0.4 is 4.90 Å². The summed E-state index contributed by atoms with van der Waals surface area (Å²) in [6.45, 7) is 6.12. The third-order valence-electron chi connectivity index (χ3n) is 2.41. The van der Waals surface area contributed by atoms with Crippen molar-refractivity contribution in [2.45, 2.75) is 26.7 Å². The Bertz CT molecular complexity index is 352. The van der Waals surface area contributed by atoms with Gasteiger partial charge in [-0.05, 0) is 30.2 Å². The number of hydrogen-bond acceptors (Lipinski definition) is 4. The first-order valence-electron chi connectivity index (χ1n) is 5.64. The quantitative estimate of drug-likeness (QED) is 0.789. The minimum absolute atomic E-state index is 0. The first kappa shape index (κ1) is 15.7. The van der Waals surface area contributed by atoms with Gasteiger partial charge in [0.15, 0.2) is 0 Å². The molecule has 0 heterocycles. The maximum Gasteiger partial charge on any atom is 0.149 e. The molecule has 1 aromatic carbocycles. The van der Waals surface area contributed by atoms with Gasteiger partial charge in [-0.25, -0.2) is 0 Å². The molecule has 96 valence electrons. The summed E-state index contributed by atoms with van der Waals surface area (Å²) in [7, 11) is 0. The second-order valence-electron chi connectivity index (χ2n) is 3.75. The summed E-state index contributed by atoms with van der Waals surface area (Å²) < 4.78 is 0. The van der Waals surface area contributed by atoms with E-state index in [1.54, 1.807) is 12.1 Å². The molecule has 4 nitrogen and oxygen atoms in total. The molecule has 0 fully saturated rings. The molecule has 0 saturated carbocycles. The summed E-state index contributed by atoms with van der Waals surface area (Å²) in [5, 5.41) is 12.3. The molecule has 17 heavy (non-hydrogen) atoms. The van der Waals surface area contributed by atoms with E-state index in [0.717, 1.165) is 31.6 Å². The zero-order valence-electron chi connectivity index (χ0n) is 10.2. The Morgan fingerprint density at radius 2 is 1.82 bits per heavy atom. The Morgan fingerprint density at radius 3 is 2.24 bits per heavy atom. The normalized spacial score (nSPS) is 9.53. The van der Waals surface area contributed by atoms with E-state index < -0.39 is 0 Å². The monoisotopic (exact) mass is 258 g/mol. The lowest BCUT2D eigenvalue weighted by molar-refractivity contribution is 0.476. The second-order valence-corrected chi connectivity index (χ2v) is 3.75. The average Bonchev–Trinajstić information content (AvgIpc) is 2.28. The first-order valence-corrected chi connectivity index (χ1v) is 5.64. The fourth-order valence-electron chi connectivity index (χ4n) is 1.70. The second kappa shape index (κ2) is 7.90. The van der Waals surface area contributed by atoms with Crippen molar-refractivity contribution in [1.29, 1.82) is 0 Å². The number of benzene rings is 1. The molecule has 0 aliphatic carbocycles. The predicted molar refractivity (Wildman–Crippen MR) is 73.6 cm³/mol. The molecule has 0 amide bonds. The minimum Gasteiger partial charge on any atom is -0.505 e. The molecule has 0 spiro atoms.